The molecule has 1 rings (SSSR count). The molecule has 0 aromatic carbocycles. The highest BCUT2D eigenvalue weighted by Gasteiger charge is 2.18. The number of nitrogens with zero attached hydrogens (tertiary/aromatic N) is 3. The number of rotatable bonds is 8. The van der Waals surface area contributed by atoms with Gasteiger partial charge in [0.15, 0.2) is 0 Å². The molecule has 1 aromatic heterocycles. The van der Waals surface area contributed by atoms with Crippen molar-refractivity contribution in [1.29, 1.82) is 0 Å². The Morgan fingerprint density at radius 3 is 2.88 bits per heavy atom. The molecule has 0 aliphatic heterocycles. The third kappa shape index (κ3) is 4.09. The SMILES string of the molecule is CCCn1nncc1C(C)C(C)NCCOC. The molecule has 0 aliphatic carbocycles. The average Bonchev–Trinajstić information content (AvgIpc) is 2.77. The van der Waals surface area contributed by atoms with Gasteiger partial charge in [-0.25, -0.2) is 4.68 Å². The van der Waals surface area contributed by atoms with Crippen molar-refractivity contribution < 1.29 is 4.74 Å². The fourth-order valence-corrected chi connectivity index (χ4v) is 1.83. The van der Waals surface area contributed by atoms with Crippen molar-refractivity contribution in [2.24, 2.45) is 0 Å². The summed E-state index contributed by atoms with van der Waals surface area (Å²) in [4.78, 5) is 0. The molecule has 1 aromatic rings. The summed E-state index contributed by atoms with van der Waals surface area (Å²) in [5, 5.41) is 11.6. The van der Waals surface area contributed by atoms with E-state index < -0.39 is 0 Å². The summed E-state index contributed by atoms with van der Waals surface area (Å²) in [6, 6.07) is 0.388. The van der Waals surface area contributed by atoms with Crippen LogP contribution in [0.15, 0.2) is 6.20 Å². The fourth-order valence-electron chi connectivity index (χ4n) is 1.83. The quantitative estimate of drug-likeness (QED) is 0.698. The summed E-state index contributed by atoms with van der Waals surface area (Å²) >= 11 is 0. The van der Waals surface area contributed by atoms with Gasteiger partial charge in [0.2, 0.25) is 0 Å². The number of nitrogens with one attached hydrogen (secondary N) is 1. The average molecular weight is 240 g/mol. The third-order valence-corrected chi connectivity index (χ3v) is 3.07. The van der Waals surface area contributed by atoms with E-state index in [9.17, 15) is 0 Å². The first-order valence-electron chi connectivity index (χ1n) is 6.31. The van der Waals surface area contributed by atoms with Crippen molar-refractivity contribution in [2.45, 2.75) is 45.7 Å². The van der Waals surface area contributed by atoms with E-state index in [4.69, 9.17) is 4.74 Å². The Hall–Kier alpha value is -0.940. The molecule has 0 fully saturated rings. The molecule has 2 unspecified atom stereocenters. The monoisotopic (exact) mass is 240 g/mol. The van der Waals surface area contributed by atoms with Crippen LogP contribution in [0.3, 0.4) is 0 Å². The molecule has 0 aliphatic rings. The summed E-state index contributed by atoms with van der Waals surface area (Å²) in [6.45, 7) is 9.08. The predicted octanol–water partition coefficient (Wildman–Crippen LogP) is 1.42. The van der Waals surface area contributed by atoms with E-state index in [0.717, 1.165) is 26.1 Å². The second-order valence-corrected chi connectivity index (χ2v) is 4.41. The first kappa shape index (κ1) is 14.1. The van der Waals surface area contributed by atoms with Crippen molar-refractivity contribution in [3.05, 3.63) is 11.9 Å². The minimum atomic E-state index is 0.388. The molecule has 98 valence electrons. The second kappa shape index (κ2) is 7.40. The Bertz CT molecular complexity index is 313. The molecular formula is C12H24N4O. The highest BCUT2D eigenvalue weighted by molar-refractivity contribution is 5.05. The molecule has 17 heavy (non-hydrogen) atoms. The molecule has 2 atom stereocenters. The van der Waals surface area contributed by atoms with Gasteiger partial charge in [-0.15, -0.1) is 5.10 Å². The van der Waals surface area contributed by atoms with Crippen LogP contribution in [-0.4, -0.2) is 41.3 Å². The lowest BCUT2D eigenvalue weighted by atomic mass is 10.00. The maximum absolute atomic E-state index is 5.03. The van der Waals surface area contributed by atoms with Gasteiger partial charge < -0.3 is 10.1 Å². The minimum Gasteiger partial charge on any atom is -0.383 e. The Morgan fingerprint density at radius 1 is 1.47 bits per heavy atom. The van der Waals surface area contributed by atoms with Crippen LogP contribution in [0.2, 0.25) is 0 Å². The summed E-state index contributed by atoms with van der Waals surface area (Å²) < 4.78 is 7.03. The minimum absolute atomic E-state index is 0.388. The van der Waals surface area contributed by atoms with E-state index in [0.29, 0.717) is 12.0 Å². The molecule has 0 bridgehead atoms. The lowest BCUT2D eigenvalue weighted by Crippen LogP contribution is -2.34. The topological polar surface area (TPSA) is 52.0 Å². The van der Waals surface area contributed by atoms with Gasteiger partial charge in [-0.3, -0.25) is 0 Å². The molecule has 1 N–H and O–H groups in total. The zero-order valence-electron chi connectivity index (χ0n) is 11.3. The number of hydrogen-bond acceptors (Lipinski definition) is 4. The Kier molecular flexibility index (Phi) is 6.15. The van der Waals surface area contributed by atoms with E-state index in [1.807, 2.05) is 10.9 Å². The van der Waals surface area contributed by atoms with E-state index in [1.54, 1.807) is 7.11 Å². The van der Waals surface area contributed by atoms with Crippen LogP contribution in [-0.2, 0) is 11.3 Å². The largest absolute Gasteiger partial charge is 0.383 e. The van der Waals surface area contributed by atoms with Crippen LogP contribution in [0.25, 0.3) is 0 Å². The molecule has 0 saturated carbocycles. The van der Waals surface area contributed by atoms with Crippen molar-refractivity contribution in [3.63, 3.8) is 0 Å². The second-order valence-electron chi connectivity index (χ2n) is 4.41. The molecule has 1 heterocycles. The molecule has 0 spiro atoms. The highest BCUT2D eigenvalue weighted by atomic mass is 16.5. The molecule has 0 amide bonds. The summed E-state index contributed by atoms with van der Waals surface area (Å²) in [7, 11) is 1.72. The van der Waals surface area contributed by atoms with Gasteiger partial charge in [0, 0.05) is 32.2 Å². The fraction of sp³-hybridized carbons (Fsp3) is 0.833. The zero-order valence-corrected chi connectivity index (χ0v) is 11.3. The van der Waals surface area contributed by atoms with Crippen LogP contribution in [0, 0.1) is 0 Å². The van der Waals surface area contributed by atoms with Crippen molar-refractivity contribution in [2.75, 3.05) is 20.3 Å². The number of aryl methyl sites for hydroxylation is 1. The molecule has 0 radical (unpaired) electrons. The van der Waals surface area contributed by atoms with Gasteiger partial charge in [-0.05, 0) is 13.3 Å². The number of aromatic nitrogens is 3. The summed E-state index contributed by atoms with van der Waals surface area (Å²) in [5.41, 5.74) is 1.20. The van der Waals surface area contributed by atoms with Crippen LogP contribution >= 0.6 is 0 Å². The van der Waals surface area contributed by atoms with Gasteiger partial charge in [0.05, 0.1) is 18.5 Å². The number of methoxy groups -OCH3 is 1. The van der Waals surface area contributed by atoms with E-state index in [1.165, 1.54) is 5.69 Å². The Labute approximate surface area is 104 Å². The molecule has 5 heteroatoms. The zero-order chi connectivity index (χ0) is 12.7. The molecular weight excluding hydrogens is 216 g/mol. The number of hydrogen-bond donors (Lipinski definition) is 1. The van der Waals surface area contributed by atoms with Crippen LogP contribution < -0.4 is 5.32 Å². The maximum atomic E-state index is 5.03. The molecule has 5 nitrogen and oxygen atoms in total. The Morgan fingerprint density at radius 2 is 2.24 bits per heavy atom. The van der Waals surface area contributed by atoms with Crippen LogP contribution in [0.5, 0.6) is 0 Å². The van der Waals surface area contributed by atoms with E-state index in [-0.39, 0.29) is 0 Å². The number of ether oxygens (including phenoxy) is 1. The van der Waals surface area contributed by atoms with Gasteiger partial charge >= 0.3 is 0 Å². The summed E-state index contributed by atoms with van der Waals surface area (Å²) in [6.07, 6.45) is 2.95. The summed E-state index contributed by atoms with van der Waals surface area (Å²) in [5.74, 6) is 0.397. The Balaban J connectivity index is 2.54. The third-order valence-electron chi connectivity index (χ3n) is 3.07. The van der Waals surface area contributed by atoms with Crippen LogP contribution in [0.1, 0.15) is 38.8 Å². The van der Waals surface area contributed by atoms with E-state index in [2.05, 4.69) is 36.4 Å². The normalized spacial score (nSPS) is 14.8. The van der Waals surface area contributed by atoms with Crippen molar-refractivity contribution in [3.8, 4) is 0 Å². The first-order chi connectivity index (χ1) is 8.20. The van der Waals surface area contributed by atoms with Crippen molar-refractivity contribution in [1.82, 2.24) is 20.3 Å². The lowest BCUT2D eigenvalue weighted by molar-refractivity contribution is 0.195. The van der Waals surface area contributed by atoms with Gasteiger partial charge in [-0.1, -0.05) is 19.1 Å². The van der Waals surface area contributed by atoms with Gasteiger partial charge in [0.25, 0.3) is 0 Å². The van der Waals surface area contributed by atoms with Crippen LogP contribution in [0.4, 0.5) is 0 Å². The van der Waals surface area contributed by atoms with Crippen molar-refractivity contribution >= 4 is 0 Å². The smallest absolute Gasteiger partial charge is 0.0728 e. The van der Waals surface area contributed by atoms with E-state index >= 15 is 0 Å². The van der Waals surface area contributed by atoms with Gasteiger partial charge in [-0.2, -0.15) is 0 Å². The highest BCUT2D eigenvalue weighted by Crippen LogP contribution is 2.17. The first-order valence-corrected chi connectivity index (χ1v) is 6.31. The standard InChI is InChI=1S/C12H24N4O/c1-5-7-16-12(9-14-15-16)10(2)11(3)13-6-8-17-4/h9-11,13H,5-8H2,1-4H3. The maximum Gasteiger partial charge on any atom is 0.0728 e. The molecule has 0 saturated heterocycles. The predicted molar refractivity (Wildman–Crippen MR) is 68.1 cm³/mol. The van der Waals surface area contributed by atoms with Gasteiger partial charge in [0.1, 0.15) is 0 Å². The lowest BCUT2D eigenvalue weighted by Gasteiger charge is -2.21.